The molecule has 0 atom stereocenters. The third kappa shape index (κ3) is 0.693. The first-order valence-corrected chi connectivity index (χ1v) is 5.45. The molecule has 4 fully saturated rings. The zero-order chi connectivity index (χ0) is 8.23. The molecule has 0 radical (unpaired) electrons. The second-order valence-electron chi connectivity index (χ2n) is 5.57. The summed E-state index contributed by atoms with van der Waals surface area (Å²) in [6, 6.07) is 0. The van der Waals surface area contributed by atoms with Crippen molar-refractivity contribution in [2.24, 2.45) is 16.7 Å². The van der Waals surface area contributed by atoms with Crippen molar-refractivity contribution in [1.29, 1.82) is 0 Å². The highest BCUT2D eigenvalue weighted by Gasteiger charge is 2.64. The molecule has 0 unspecified atom stereocenters. The first-order valence-electron chi connectivity index (χ1n) is 5.45. The lowest BCUT2D eigenvalue weighted by atomic mass is 9.35. The molecule has 0 aromatic rings. The zero-order valence-electron chi connectivity index (χ0n) is 8.03. The van der Waals surface area contributed by atoms with Gasteiger partial charge in [0.05, 0.1) is 0 Å². The maximum absolute atomic E-state index is 3.48. The molecule has 1 aliphatic heterocycles. The Morgan fingerprint density at radius 1 is 1.08 bits per heavy atom. The Balaban J connectivity index is 1.79. The molecular formula is C11H19N. The van der Waals surface area contributed by atoms with E-state index in [2.05, 4.69) is 12.2 Å². The highest BCUT2D eigenvalue weighted by molar-refractivity contribution is 5.14. The summed E-state index contributed by atoms with van der Waals surface area (Å²) in [5, 5.41) is 3.48. The molecule has 4 aliphatic rings. The zero-order valence-corrected chi connectivity index (χ0v) is 8.03. The van der Waals surface area contributed by atoms with Crippen LogP contribution >= 0.6 is 0 Å². The highest BCUT2D eigenvalue weighted by atomic mass is 14.9. The van der Waals surface area contributed by atoms with E-state index in [0.29, 0.717) is 5.41 Å². The molecular weight excluding hydrogens is 146 g/mol. The molecule has 3 aliphatic carbocycles. The Labute approximate surface area is 74.9 Å². The number of nitrogens with one attached hydrogen (secondary N) is 1. The summed E-state index contributed by atoms with van der Waals surface area (Å²) in [5.74, 6) is 1.15. The third-order valence-corrected chi connectivity index (χ3v) is 5.03. The van der Waals surface area contributed by atoms with Crippen molar-refractivity contribution in [2.45, 2.75) is 39.0 Å². The molecule has 4 rings (SSSR count). The second kappa shape index (κ2) is 2.06. The lowest BCUT2D eigenvalue weighted by Gasteiger charge is -2.70. The first kappa shape index (κ1) is 7.37. The summed E-state index contributed by atoms with van der Waals surface area (Å²) < 4.78 is 0. The Morgan fingerprint density at radius 3 is 2.08 bits per heavy atom. The normalized spacial score (nSPS) is 49.2. The maximum Gasteiger partial charge on any atom is -0.00435 e. The average molecular weight is 165 g/mol. The molecule has 0 aromatic heterocycles. The molecule has 68 valence electrons. The molecule has 0 amide bonds. The molecule has 1 saturated heterocycles. The van der Waals surface area contributed by atoms with Gasteiger partial charge in [0.15, 0.2) is 0 Å². The van der Waals surface area contributed by atoms with Gasteiger partial charge in [-0.15, -0.1) is 0 Å². The van der Waals surface area contributed by atoms with Crippen LogP contribution in [-0.2, 0) is 0 Å². The minimum atomic E-state index is 0.715. The summed E-state index contributed by atoms with van der Waals surface area (Å²) in [7, 11) is 0. The van der Waals surface area contributed by atoms with Crippen molar-refractivity contribution in [3.05, 3.63) is 0 Å². The number of hydrogen-bond acceptors (Lipinski definition) is 1. The quantitative estimate of drug-likeness (QED) is 0.628. The van der Waals surface area contributed by atoms with Gasteiger partial charge in [-0.25, -0.2) is 0 Å². The second-order valence-corrected chi connectivity index (χ2v) is 5.57. The van der Waals surface area contributed by atoms with E-state index in [9.17, 15) is 0 Å². The standard InChI is InChI=1S/C11H19N/c1-10(2-4-12-5-3-10)11-6-9(7-11)8-11/h9,12H,2-8H2,1H3. The molecule has 0 spiro atoms. The first-order chi connectivity index (χ1) is 5.74. The molecule has 3 saturated carbocycles. The van der Waals surface area contributed by atoms with Crippen molar-refractivity contribution < 1.29 is 0 Å². The summed E-state index contributed by atoms with van der Waals surface area (Å²) in [6.07, 6.45) is 7.58. The van der Waals surface area contributed by atoms with Crippen LogP contribution in [0.2, 0.25) is 0 Å². The van der Waals surface area contributed by atoms with E-state index in [1.807, 2.05) is 0 Å². The summed E-state index contributed by atoms with van der Waals surface area (Å²) in [6.45, 7) is 5.08. The fourth-order valence-corrected chi connectivity index (χ4v) is 3.73. The molecule has 1 heterocycles. The van der Waals surface area contributed by atoms with E-state index in [-0.39, 0.29) is 0 Å². The maximum atomic E-state index is 3.48. The number of rotatable bonds is 1. The van der Waals surface area contributed by atoms with Crippen LogP contribution < -0.4 is 5.32 Å². The predicted octanol–water partition coefficient (Wildman–Crippen LogP) is 2.18. The Bertz CT molecular complexity index is 186. The third-order valence-electron chi connectivity index (χ3n) is 5.03. The van der Waals surface area contributed by atoms with Crippen LogP contribution in [0.5, 0.6) is 0 Å². The number of piperidine rings is 1. The molecule has 12 heavy (non-hydrogen) atoms. The molecule has 2 bridgehead atoms. The van der Waals surface area contributed by atoms with Crippen molar-refractivity contribution in [3.63, 3.8) is 0 Å². The van der Waals surface area contributed by atoms with Gasteiger partial charge in [0.2, 0.25) is 0 Å². The van der Waals surface area contributed by atoms with Gasteiger partial charge in [0.1, 0.15) is 0 Å². The van der Waals surface area contributed by atoms with Gasteiger partial charge in [-0.2, -0.15) is 0 Å². The molecule has 1 heteroatoms. The van der Waals surface area contributed by atoms with Crippen LogP contribution in [0, 0.1) is 16.7 Å². The fourth-order valence-electron chi connectivity index (χ4n) is 3.73. The fraction of sp³-hybridized carbons (Fsp3) is 1.00. The molecule has 1 nitrogen and oxygen atoms in total. The van der Waals surface area contributed by atoms with Crippen LogP contribution in [0.4, 0.5) is 0 Å². The van der Waals surface area contributed by atoms with Gasteiger partial charge in [-0.3, -0.25) is 0 Å². The van der Waals surface area contributed by atoms with Gasteiger partial charge >= 0.3 is 0 Å². The van der Waals surface area contributed by atoms with Gasteiger partial charge < -0.3 is 5.32 Å². The summed E-state index contributed by atoms with van der Waals surface area (Å²) >= 11 is 0. The van der Waals surface area contributed by atoms with Crippen molar-refractivity contribution in [1.82, 2.24) is 5.32 Å². The van der Waals surface area contributed by atoms with Crippen molar-refractivity contribution >= 4 is 0 Å². The Kier molecular flexibility index (Phi) is 1.27. The van der Waals surface area contributed by atoms with E-state index in [4.69, 9.17) is 0 Å². The molecule has 1 N–H and O–H groups in total. The topological polar surface area (TPSA) is 12.0 Å². The van der Waals surface area contributed by atoms with E-state index in [1.165, 1.54) is 25.9 Å². The SMILES string of the molecule is CC1(C23CC(C2)C3)CCNCC1. The average Bonchev–Trinajstić information content (AvgIpc) is 1.80. The van der Waals surface area contributed by atoms with Crippen LogP contribution in [0.25, 0.3) is 0 Å². The lowest BCUT2D eigenvalue weighted by Crippen LogP contribution is -2.62. The monoisotopic (exact) mass is 165 g/mol. The van der Waals surface area contributed by atoms with Crippen LogP contribution in [0.15, 0.2) is 0 Å². The predicted molar refractivity (Wildman–Crippen MR) is 50.0 cm³/mol. The smallest absolute Gasteiger partial charge is 0.00435 e. The van der Waals surface area contributed by atoms with Crippen LogP contribution in [-0.4, -0.2) is 13.1 Å². The van der Waals surface area contributed by atoms with Gasteiger partial charge in [-0.1, -0.05) is 6.92 Å². The molecule has 0 aromatic carbocycles. The van der Waals surface area contributed by atoms with E-state index < -0.39 is 0 Å². The van der Waals surface area contributed by atoms with E-state index in [0.717, 1.165) is 11.3 Å². The minimum Gasteiger partial charge on any atom is -0.317 e. The highest BCUT2D eigenvalue weighted by Crippen LogP contribution is 2.73. The van der Waals surface area contributed by atoms with Crippen LogP contribution in [0.3, 0.4) is 0 Å². The van der Waals surface area contributed by atoms with Crippen molar-refractivity contribution in [3.8, 4) is 0 Å². The summed E-state index contributed by atoms with van der Waals surface area (Å²) in [4.78, 5) is 0. The van der Waals surface area contributed by atoms with Crippen molar-refractivity contribution in [2.75, 3.05) is 13.1 Å². The van der Waals surface area contributed by atoms with Crippen LogP contribution in [0.1, 0.15) is 39.0 Å². The van der Waals surface area contributed by atoms with E-state index >= 15 is 0 Å². The lowest BCUT2D eigenvalue weighted by molar-refractivity contribution is -0.203. The largest absolute Gasteiger partial charge is 0.317 e. The minimum absolute atomic E-state index is 0.715. The van der Waals surface area contributed by atoms with Gasteiger partial charge in [0.25, 0.3) is 0 Å². The Hall–Kier alpha value is -0.0400. The van der Waals surface area contributed by atoms with Gasteiger partial charge in [-0.05, 0) is 61.9 Å². The van der Waals surface area contributed by atoms with E-state index in [1.54, 1.807) is 19.3 Å². The number of hydrogen-bond donors (Lipinski definition) is 1. The Morgan fingerprint density at radius 2 is 1.67 bits per heavy atom. The van der Waals surface area contributed by atoms with Gasteiger partial charge in [0, 0.05) is 0 Å². The summed E-state index contributed by atoms with van der Waals surface area (Å²) in [5.41, 5.74) is 1.55.